The van der Waals surface area contributed by atoms with E-state index in [1.165, 1.54) is 32.1 Å². The fourth-order valence-corrected chi connectivity index (χ4v) is 2.75. The molecule has 3 heteroatoms. The first-order chi connectivity index (χ1) is 7.83. The standard InChI is InChI=1S/C13H23N3/c1-3-8-15-12-6-4-5-7-13(12)16-10-9-14-11(16)2/h9-10,12-13,15H,3-8H2,1-2H3. The van der Waals surface area contributed by atoms with Crippen molar-refractivity contribution >= 4 is 0 Å². The van der Waals surface area contributed by atoms with E-state index < -0.39 is 0 Å². The number of aryl methyl sites for hydroxylation is 1. The molecule has 16 heavy (non-hydrogen) atoms. The average molecular weight is 221 g/mol. The second-order valence-electron chi connectivity index (χ2n) is 4.79. The van der Waals surface area contributed by atoms with Crippen molar-refractivity contribution in [3.05, 3.63) is 18.2 Å². The van der Waals surface area contributed by atoms with E-state index in [-0.39, 0.29) is 0 Å². The smallest absolute Gasteiger partial charge is 0.105 e. The van der Waals surface area contributed by atoms with Gasteiger partial charge >= 0.3 is 0 Å². The Bertz CT molecular complexity index is 319. The monoisotopic (exact) mass is 221 g/mol. The highest BCUT2D eigenvalue weighted by Gasteiger charge is 2.26. The predicted octanol–water partition coefficient (Wildman–Crippen LogP) is 2.67. The average Bonchev–Trinajstić information content (AvgIpc) is 2.73. The number of nitrogens with zero attached hydrogens (tertiary/aromatic N) is 2. The Labute approximate surface area is 98.3 Å². The molecule has 2 atom stereocenters. The Balaban J connectivity index is 2.07. The highest BCUT2D eigenvalue weighted by Crippen LogP contribution is 2.29. The number of nitrogens with one attached hydrogen (secondary N) is 1. The molecule has 0 saturated heterocycles. The van der Waals surface area contributed by atoms with Gasteiger partial charge in [-0.25, -0.2) is 4.98 Å². The molecule has 1 aliphatic rings. The van der Waals surface area contributed by atoms with Crippen molar-refractivity contribution in [1.82, 2.24) is 14.9 Å². The van der Waals surface area contributed by atoms with Gasteiger partial charge in [0.2, 0.25) is 0 Å². The molecule has 1 heterocycles. The lowest BCUT2D eigenvalue weighted by Gasteiger charge is -2.34. The molecule has 1 saturated carbocycles. The van der Waals surface area contributed by atoms with Crippen LogP contribution in [0.15, 0.2) is 12.4 Å². The molecule has 2 unspecified atom stereocenters. The predicted molar refractivity (Wildman–Crippen MR) is 66.6 cm³/mol. The van der Waals surface area contributed by atoms with Crippen LogP contribution in [0.25, 0.3) is 0 Å². The van der Waals surface area contributed by atoms with E-state index in [1.54, 1.807) is 0 Å². The van der Waals surface area contributed by atoms with Crippen molar-refractivity contribution in [2.45, 2.75) is 58.0 Å². The third-order valence-electron chi connectivity index (χ3n) is 3.61. The molecule has 0 amide bonds. The van der Waals surface area contributed by atoms with Gasteiger partial charge in [0.1, 0.15) is 5.82 Å². The first kappa shape index (κ1) is 11.6. The van der Waals surface area contributed by atoms with Crippen LogP contribution in [0.2, 0.25) is 0 Å². The van der Waals surface area contributed by atoms with Crippen LogP contribution in [0, 0.1) is 6.92 Å². The number of aromatic nitrogens is 2. The van der Waals surface area contributed by atoms with Crippen LogP contribution >= 0.6 is 0 Å². The van der Waals surface area contributed by atoms with Crippen LogP contribution in [-0.2, 0) is 0 Å². The van der Waals surface area contributed by atoms with Crippen LogP contribution in [0.5, 0.6) is 0 Å². The summed E-state index contributed by atoms with van der Waals surface area (Å²) >= 11 is 0. The molecule has 1 aliphatic carbocycles. The van der Waals surface area contributed by atoms with Gasteiger partial charge in [0.25, 0.3) is 0 Å². The summed E-state index contributed by atoms with van der Waals surface area (Å²) in [7, 11) is 0. The lowest BCUT2D eigenvalue weighted by molar-refractivity contribution is 0.260. The van der Waals surface area contributed by atoms with E-state index >= 15 is 0 Å². The highest BCUT2D eigenvalue weighted by atomic mass is 15.1. The lowest BCUT2D eigenvalue weighted by Crippen LogP contribution is -2.40. The van der Waals surface area contributed by atoms with Crippen molar-refractivity contribution in [2.24, 2.45) is 0 Å². The molecule has 0 aromatic carbocycles. The number of rotatable bonds is 4. The van der Waals surface area contributed by atoms with Crippen molar-refractivity contribution in [3.8, 4) is 0 Å². The molecule has 3 nitrogen and oxygen atoms in total. The minimum atomic E-state index is 0.614. The van der Waals surface area contributed by atoms with Gasteiger partial charge in [-0.3, -0.25) is 0 Å². The summed E-state index contributed by atoms with van der Waals surface area (Å²) in [5, 5.41) is 3.69. The van der Waals surface area contributed by atoms with Crippen LogP contribution in [-0.4, -0.2) is 22.1 Å². The summed E-state index contributed by atoms with van der Waals surface area (Å²) in [5.74, 6) is 1.15. The number of imidazole rings is 1. The molecule has 0 aliphatic heterocycles. The van der Waals surface area contributed by atoms with Gasteiger partial charge in [0.05, 0.1) is 6.04 Å². The molecular formula is C13H23N3. The normalized spacial score (nSPS) is 25.9. The maximum Gasteiger partial charge on any atom is 0.105 e. The van der Waals surface area contributed by atoms with Crippen molar-refractivity contribution in [2.75, 3.05) is 6.54 Å². The lowest BCUT2D eigenvalue weighted by atomic mass is 9.90. The van der Waals surface area contributed by atoms with Gasteiger partial charge in [-0.2, -0.15) is 0 Å². The fourth-order valence-electron chi connectivity index (χ4n) is 2.75. The molecule has 2 rings (SSSR count). The van der Waals surface area contributed by atoms with Gasteiger partial charge in [-0.1, -0.05) is 19.8 Å². The fraction of sp³-hybridized carbons (Fsp3) is 0.769. The molecule has 90 valence electrons. The molecule has 0 bridgehead atoms. The van der Waals surface area contributed by atoms with Crippen LogP contribution in [0.1, 0.15) is 50.9 Å². The maximum absolute atomic E-state index is 4.34. The van der Waals surface area contributed by atoms with Gasteiger partial charge < -0.3 is 9.88 Å². The third-order valence-corrected chi connectivity index (χ3v) is 3.61. The maximum atomic E-state index is 4.34. The zero-order valence-corrected chi connectivity index (χ0v) is 10.4. The minimum Gasteiger partial charge on any atom is -0.331 e. The van der Waals surface area contributed by atoms with Gasteiger partial charge in [0, 0.05) is 18.4 Å². The Morgan fingerprint density at radius 3 is 2.94 bits per heavy atom. The zero-order valence-electron chi connectivity index (χ0n) is 10.4. The van der Waals surface area contributed by atoms with Crippen LogP contribution in [0.4, 0.5) is 0 Å². The highest BCUT2D eigenvalue weighted by molar-refractivity contribution is 4.97. The van der Waals surface area contributed by atoms with E-state index in [0.29, 0.717) is 12.1 Å². The summed E-state index contributed by atoms with van der Waals surface area (Å²) in [6, 6.07) is 1.25. The molecule has 0 radical (unpaired) electrons. The van der Waals surface area contributed by atoms with Crippen molar-refractivity contribution in [1.29, 1.82) is 0 Å². The van der Waals surface area contributed by atoms with Gasteiger partial charge in [-0.15, -0.1) is 0 Å². The Hall–Kier alpha value is -0.830. The zero-order chi connectivity index (χ0) is 11.4. The molecule has 1 aromatic heterocycles. The van der Waals surface area contributed by atoms with Crippen molar-refractivity contribution in [3.63, 3.8) is 0 Å². The summed E-state index contributed by atoms with van der Waals surface area (Å²) in [5.41, 5.74) is 0. The number of hydrogen-bond acceptors (Lipinski definition) is 2. The molecule has 1 aromatic rings. The van der Waals surface area contributed by atoms with Crippen LogP contribution < -0.4 is 5.32 Å². The van der Waals surface area contributed by atoms with E-state index in [0.717, 1.165) is 12.4 Å². The largest absolute Gasteiger partial charge is 0.331 e. The van der Waals surface area contributed by atoms with E-state index in [4.69, 9.17) is 0 Å². The molecule has 0 spiro atoms. The van der Waals surface area contributed by atoms with Gasteiger partial charge in [-0.05, 0) is 32.7 Å². The summed E-state index contributed by atoms with van der Waals surface area (Å²) in [6.07, 6.45) is 10.6. The molecular weight excluding hydrogens is 198 g/mol. The second-order valence-corrected chi connectivity index (χ2v) is 4.79. The van der Waals surface area contributed by atoms with E-state index in [2.05, 4.69) is 34.9 Å². The summed E-state index contributed by atoms with van der Waals surface area (Å²) < 4.78 is 2.35. The first-order valence-electron chi connectivity index (χ1n) is 6.55. The topological polar surface area (TPSA) is 29.9 Å². The molecule has 1 fully saturated rings. The quantitative estimate of drug-likeness (QED) is 0.847. The summed E-state index contributed by atoms with van der Waals surface area (Å²) in [6.45, 7) is 5.47. The Morgan fingerprint density at radius 2 is 2.25 bits per heavy atom. The minimum absolute atomic E-state index is 0.614. The molecule has 1 N–H and O–H groups in total. The second kappa shape index (κ2) is 5.48. The van der Waals surface area contributed by atoms with Crippen LogP contribution in [0.3, 0.4) is 0 Å². The summed E-state index contributed by atoms with van der Waals surface area (Å²) in [4.78, 5) is 4.34. The Morgan fingerprint density at radius 1 is 1.44 bits per heavy atom. The van der Waals surface area contributed by atoms with Gasteiger partial charge in [0.15, 0.2) is 0 Å². The van der Waals surface area contributed by atoms with E-state index in [1.807, 2.05) is 6.20 Å². The third kappa shape index (κ3) is 2.46. The van der Waals surface area contributed by atoms with Crippen molar-refractivity contribution < 1.29 is 0 Å². The SMILES string of the molecule is CCCNC1CCCCC1n1ccnc1C. The number of hydrogen-bond donors (Lipinski definition) is 1. The first-order valence-corrected chi connectivity index (χ1v) is 6.55. The van der Waals surface area contributed by atoms with E-state index in [9.17, 15) is 0 Å². The Kier molecular flexibility index (Phi) is 3.99.